The molecule has 3 atom stereocenters. The molecule has 2 aliphatic heterocycles. The Labute approximate surface area is 122 Å². The number of rotatable bonds is 1. The molecule has 114 valence electrons. The molecule has 0 unspecified atom stereocenters. The van der Waals surface area contributed by atoms with Crippen molar-refractivity contribution in [3.63, 3.8) is 0 Å². The van der Waals surface area contributed by atoms with Crippen LogP contribution in [-0.2, 0) is 15.9 Å². The van der Waals surface area contributed by atoms with Crippen molar-refractivity contribution >= 4 is 5.97 Å². The largest absolute Gasteiger partial charge is 0.507 e. The molecule has 0 radical (unpaired) electrons. The summed E-state index contributed by atoms with van der Waals surface area (Å²) in [4.78, 5) is 12.2. The van der Waals surface area contributed by atoms with E-state index in [0.29, 0.717) is 17.7 Å². The minimum absolute atomic E-state index is 0.137. The molecule has 1 saturated heterocycles. The monoisotopic (exact) mass is 294 g/mol. The van der Waals surface area contributed by atoms with Gasteiger partial charge in [0.25, 0.3) is 0 Å². The topological polar surface area (TPSA) is 85.2 Å². The van der Waals surface area contributed by atoms with Crippen LogP contribution in [0.3, 0.4) is 0 Å². The van der Waals surface area contributed by atoms with E-state index in [1.807, 2.05) is 6.92 Å². The van der Waals surface area contributed by atoms with Gasteiger partial charge in [-0.15, -0.1) is 0 Å². The fraction of sp³-hybridized carbons (Fsp3) is 0.533. The zero-order chi connectivity index (χ0) is 15.2. The Balaban J connectivity index is 2.01. The van der Waals surface area contributed by atoms with Gasteiger partial charge in [-0.2, -0.15) is 0 Å². The number of hydrogen-bond donors (Lipinski definition) is 2. The number of fused-ring (bicyclic) bond motifs is 1. The van der Waals surface area contributed by atoms with E-state index >= 15 is 0 Å². The first-order chi connectivity index (χ1) is 9.92. The number of aliphatic hydroxyl groups is 1. The first-order valence-corrected chi connectivity index (χ1v) is 6.91. The lowest BCUT2D eigenvalue weighted by Gasteiger charge is -2.43. The molecule has 0 bridgehead atoms. The van der Waals surface area contributed by atoms with E-state index in [0.717, 1.165) is 0 Å². The van der Waals surface area contributed by atoms with Gasteiger partial charge in [0.2, 0.25) is 5.79 Å². The number of hydrogen-bond acceptors (Lipinski definition) is 6. The lowest BCUT2D eigenvalue weighted by molar-refractivity contribution is -0.268. The van der Waals surface area contributed by atoms with Crippen molar-refractivity contribution < 1.29 is 29.2 Å². The summed E-state index contributed by atoms with van der Waals surface area (Å²) in [5.41, 5.74) is 0.738. The molecule has 0 saturated carbocycles. The van der Waals surface area contributed by atoms with Crippen molar-refractivity contribution in [1.82, 2.24) is 0 Å². The van der Waals surface area contributed by atoms with Crippen LogP contribution in [0.5, 0.6) is 11.5 Å². The van der Waals surface area contributed by atoms with Gasteiger partial charge in [-0.25, -0.2) is 4.79 Å². The van der Waals surface area contributed by atoms with Crippen LogP contribution in [0.25, 0.3) is 0 Å². The standard InChI is InChI=1S/C15H18O6/c1-8-3-10(16)7-15(20-8)6-9-4-11(19-2)5-12(17)13(9)14(18)21-15/h4-5,8,10,16-17H,3,6-7H2,1-2H3/t8-,10-,15-/m0/s1. The first kappa shape index (κ1) is 14.2. The molecule has 21 heavy (non-hydrogen) atoms. The fourth-order valence-corrected chi connectivity index (χ4v) is 3.16. The molecule has 2 N–H and O–H groups in total. The molecule has 6 nitrogen and oxygen atoms in total. The molecule has 2 aliphatic rings. The van der Waals surface area contributed by atoms with Gasteiger partial charge in [-0.3, -0.25) is 0 Å². The number of phenols is 1. The quantitative estimate of drug-likeness (QED) is 0.761. The van der Waals surface area contributed by atoms with Crippen LogP contribution >= 0.6 is 0 Å². The minimum Gasteiger partial charge on any atom is -0.507 e. The smallest absolute Gasteiger partial charge is 0.344 e. The van der Waals surface area contributed by atoms with Gasteiger partial charge in [0, 0.05) is 18.9 Å². The highest BCUT2D eigenvalue weighted by molar-refractivity contribution is 5.95. The van der Waals surface area contributed by atoms with Crippen LogP contribution in [0.1, 0.15) is 35.7 Å². The number of carbonyl (C=O) groups excluding carboxylic acids is 1. The Bertz CT molecular complexity index is 572. The molecular formula is C15H18O6. The lowest BCUT2D eigenvalue weighted by atomic mass is 9.89. The summed E-state index contributed by atoms with van der Waals surface area (Å²) in [6, 6.07) is 3.06. The van der Waals surface area contributed by atoms with E-state index in [1.54, 1.807) is 6.07 Å². The maximum absolute atomic E-state index is 12.2. The Morgan fingerprint density at radius 2 is 2.19 bits per heavy atom. The number of benzene rings is 1. The van der Waals surface area contributed by atoms with Gasteiger partial charge in [0.05, 0.1) is 19.3 Å². The van der Waals surface area contributed by atoms with Crippen LogP contribution in [0.2, 0.25) is 0 Å². The van der Waals surface area contributed by atoms with Gasteiger partial charge in [-0.05, 0) is 25.0 Å². The van der Waals surface area contributed by atoms with Crippen LogP contribution in [0, 0.1) is 0 Å². The Morgan fingerprint density at radius 1 is 1.43 bits per heavy atom. The summed E-state index contributed by atoms with van der Waals surface area (Å²) in [5.74, 6) is -1.52. The third kappa shape index (κ3) is 2.45. The van der Waals surface area contributed by atoms with Gasteiger partial charge in [0.1, 0.15) is 17.1 Å². The van der Waals surface area contributed by atoms with Gasteiger partial charge < -0.3 is 24.4 Å². The fourth-order valence-electron chi connectivity index (χ4n) is 3.16. The van der Waals surface area contributed by atoms with Crippen LogP contribution in [0.15, 0.2) is 12.1 Å². The summed E-state index contributed by atoms with van der Waals surface area (Å²) in [7, 11) is 1.49. The number of aromatic hydroxyl groups is 1. The van der Waals surface area contributed by atoms with E-state index in [9.17, 15) is 15.0 Å². The zero-order valence-electron chi connectivity index (χ0n) is 12.0. The van der Waals surface area contributed by atoms with Crippen molar-refractivity contribution in [2.45, 2.75) is 44.2 Å². The number of aliphatic hydroxyl groups excluding tert-OH is 1. The van der Waals surface area contributed by atoms with E-state index in [2.05, 4.69) is 0 Å². The summed E-state index contributed by atoms with van der Waals surface area (Å²) in [5, 5.41) is 19.9. The summed E-state index contributed by atoms with van der Waals surface area (Å²) in [6.45, 7) is 1.83. The van der Waals surface area contributed by atoms with Gasteiger partial charge in [-0.1, -0.05) is 0 Å². The summed E-state index contributed by atoms with van der Waals surface area (Å²) in [6.07, 6.45) is 0.223. The summed E-state index contributed by atoms with van der Waals surface area (Å²) >= 11 is 0. The van der Waals surface area contributed by atoms with Crippen molar-refractivity contribution in [1.29, 1.82) is 0 Å². The highest BCUT2D eigenvalue weighted by atomic mass is 16.7. The number of carbonyl (C=O) groups is 1. The highest BCUT2D eigenvalue weighted by Crippen LogP contribution is 2.41. The SMILES string of the molecule is COc1cc(O)c2c(c1)C[C@@]1(C[C@@H](O)C[C@H](C)O1)OC2=O. The highest BCUT2D eigenvalue weighted by Gasteiger charge is 2.48. The molecule has 1 aromatic carbocycles. The summed E-state index contributed by atoms with van der Waals surface area (Å²) < 4.78 is 16.3. The number of ether oxygens (including phenoxy) is 3. The minimum atomic E-state index is -1.17. The van der Waals surface area contributed by atoms with Crippen molar-refractivity contribution in [3.05, 3.63) is 23.3 Å². The van der Waals surface area contributed by atoms with E-state index in [-0.39, 0.29) is 30.3 Å². The molecule has 6 heteroatoms. The zero-order valence-corrected chi connectivity index (χ0v) is 12.0. The third-order valence-corrected chi connectivity index (χ3v) is 3.92. The molecule has 2 heterocycles. The van der Waals surface area contributed by atoms with E-state index in [4.69, 9.17) is 14.2 Å². The molecule has 0 amide bonds. The Morgan fingerprint density at radius 3 is 2.86 bits per heavy atom. The Kier molecular flexibility index (Phi) is 3.30. The van der Waals surface area contributed by atoms with Crippen molar-refractivity contribution in [3.8, 4) is 11.5 Å². The maximum atomic E-state index is 12.2. The lowest BCUT2D eigenvalue weighted by Crippen LogP contribution is -2.52. The first-order valence-electron chi connectivity index (χ1n) is 6.91. The molecule has 1 fully saturated rings. The number of phenolic OH excluding ortho intramolecular Hbond substituents is 1. The molecule has 0 aromatic heterocycles. The van der Waals surface area contributed by atoms with Crippen molar-refractivity contribution in [2.75, 3.05) is 7.11 Å². The second-order valence-corrected chi connectivity index (χ2v) is 5.68. The Hall–Kier alpha value is -1.79. The molecule has 3 rings (SSSR count). The predicted molar refractivity (Wildman–Crippen MR) is 72.3 cm³/mol. The number of esters is 1. The van der Waals surface area contributed by atoms with E-state index < -0.39 is 17.9 Å². The predicted octanol–water partition coefficient (Wildman–Crippen LogP) is 1.37. The van der Waals surface area contributed by atoms with Crippen LogP contribution in [-0.4, -0.2) is 41.3 Å². The van der Waals surface area contributed by atoms with E-state index in [1.165, 1.54) is 13.2 Å². The molecule has 1 aromatic rings. The van der Waals surface area contributed by atoms with Crippen LogP contribution in [0.4, 0.5) is 0 Å². The van der Waals surface area contributed by atoms with Crippen molar-refractivity contribution in [2.24, 2.45) is 0 Å². The maximum Gasteiger partial charge on any atom is 0.344 e. The molecule has 0 aliphatic carbocycles. The average molecular weight is 294 g/mol. The van der Waals surface area contributed by atoms with Gasteiger partial charge >= 0.3 is 5.97 Å². The second kappa shape index (κ2) is 4.89. The average Bonchev–Trinajstić information content (AvgIpc) is 2.35. The van der Waals surface area contributed by atoms with Crippen LogP contribution < -0.4 is 4.74 Å². The third-order valence-electron chi connectivity index (χ3n) is 3.92. The normalized spacial score (nSPS) is 31.7. The molecular weight excluding hydrogens is 276 g/mol. The number of methoxy groups -OCH3 is 1. The van der Waals surface area contributed by atoms with Gasteiger partial charge in [0.15, 0.2) is 0 Å². The second-order valence-electron chi connectivity index (χ2n) is 5.68. The molecule has 1 spiro atoms.